The quantitative estimate of drug-likeness (QED) is 0.678. The van der Waals surface area contributed by atoms with Gasteiger partial charge in [-0.15, -0.1) is 0 Å². The van der Waals surface area contributed by atoms with Gasteiger partial charge in [0.15, 0.2) is 0 Å². The van der Waals surface area contributed by atoms with Gasteiger partial charge in [-0.25, -0.2) is 8.42 Å². The number of hydrogen-bond acceptors (Lipinski definition) is 5. The second-order valence-electron chi connectivity index (χ2n) is 7.78. The lowest BCUT2D eigenvalue weighted by atomic mass is 9.84. The molecule has 0 amide bonds. The van der Waals surface area contributed by atoms with Crippen LogP contribution in [0.15, 0.2) is 41.3 Å². The zero-order valence-electron chi connectivity index (χ0n) is 16.6. The minimum atomic E-state index is -3.94. The molecule has 3 rings (SSSR count). The van der Waals surface area contributed by atoms with Gasteiger partial charge in [0.1, 0.15) is 16.4 Å². The Morgan fingerprint density at radius 1 is 1.13 bits per heavy atom. The Balaban J connectivity index is 1.96. The van der Waals surface area contributed by atoms with Gasteiger partial charge in [0, 0.05) is 24.2 Å². The molecule has 0 unspecified atom stereocenters. The van der Waals surface area contributed by atoms with Gasteiger partial charge in [0.25, 0.3) is 0 Å². The number of nitriles is 1. The summed E-state index contributed by atoms with van der Waals surface area (Å²) in [4.78, 5) is -0.112. The number of ether oxygens (including phenoxy) is 1. The summed E-state index contributed by atoms with van der Waals surface area (Å²) in [6, 6.07) is 10.8. The van der Waals surface area contributed by atoms with Crippen molar-refractivity contribution >= 4 is 33.2 Å². The molecule has 30 heavy (non-hydrogen) atoms. The summed E-state index contributed by atoms with van der Waals surface area (Å²) in [5.41, 5.74) is -0.668. The van der Waals surface area contributed by atoms with Gasteiger partial charge in [-0.05, 0) is 62.9 Å². The topological polar surface area (TPSA) is 90.6 Å². The molecule has 1 saturated heterocycles. The average Bonchev–Trinajstić information content (AvgIpc) is 2.70. The monoisotopic (exact) mass is 468 g/mol. The van der Waals surface area contributed by atoms with Gasteiger partial charge in [0.05, 0.1) is 22.3 Å². The molecular formula is C21H22Cl2N2O4S. The molecule has 0 saturated carbocycles. The van der Waals surface area contributed by atoms with E-state index in [4.69, 9.17) is 27.9 Å². The van der Waals surface area contributed by atoms with Crippen molar-refractivity contribution in [2.75, 3.05) is 13.1 Å². The maximum atomic E-state index is 13.4. The lowest BCUT2D eigenvalue weighted by Gasteiger charge is -2.37. The molecule has 1 fully saturated rings. The average molecular weight is 469 g/mol. The van der Waals surface area contributed by atoms with Gasteiger partial charge in [0.2, 0.25) is 10.0 Å². The Morgan fingerprint density at radius 3 is 2.40 bits per heavy atom. The van der Waals surface area contributed by atoms with Crippen LogP contribution in [-0.2, 0) is 10.0 Å². The highest BCUT2D eigenvalue weighted by molar-refractivity contribution is 7.89. The SMILES string of the molecule is CC(C)(O)C1CCN(S(=O)(=O)c2cc(C#N)ccc2Oc2cc(Cl)ccc2Cl)CC1. The number of piperidine rings is 1. The van der Waals surface area contributed by atoms with Crippen LogP contribution in [0.2, 0.25) is 10.0 Å². The van der Waals surface area contributed by atoms with Crippen LogP contribution in [0.3, 0.4) is 0 Å². The molecule has 1 aliphatic rings. The first-order valence-electron chi connectivity index (χ1n) is 9.42. The van der Waals surface area contributed by atoms with Crippen LogP contribution in [0.25, 0.3) is 0 Å². The molecule has 1 heterocycles. The highest BCUT2D eigenvalue weighted by Gasteiger charge is 2.36. The van der Waals surface area contributed by atoms with Crippen molar-refractivity contribution in [1.82, 2.24) is 4.31 Å². The molecule has 1 N–H and O–H groups in total. The van der Waals surface area contributed by atoms with Crippen molar-refractivity contribution in [3.63, 3.8) is 0 Å². The van der Waals surface area contributed by atoms with E-state index in [-0.39, 0.29) is 46.0 Å². The molecule has 160 valence electrons. The molecule has 0 aromatic heterocycles. The molecule has 0 aliphatic carbocycles. The highest BCUT2D eigenvalue weighted by atomic mass is 35.5. The third-order valence-electron chi connectivity index (χ3n) is 5.26. The minimum Gasteiger partial charge on any atom is -0.454 e. The van der Waals surface area contributed by atoms with Crippen molar-refractivity contribution in [1.29, 1.82) is 5.26 Å². The Kier molecular flexibility index (Phi) is 6.66. The number of hydrogen-bond donors (Lipinski definition) is 1. The van der Waals surface area contributed by atoms with Gasteiger partial charge in [-0.3, -0.25) is 0 Å². The number of sulfonamides is 1. The van der Waals surface area contributed by atoms with Crippen LogP contribution in [-0.4, -0.2) is 36.5 Å². The summed E-state index contributed by atoms with van der Waals surface area (Å²) in [6.07, 6.45) is 1.08. The van der Waals surface area contributed by atoms with E-state index in [2.05, 4.69) is 0 Å². The largest absolute Gasteiger partial charge is 0.454 e. The van der Waals surface area contributed by atoms with Gasteiger partial charge >= 0.3 is 0 Å². The molecule has 2 aromatic carbocycles. The van der Waals surface area contributed by atoms with Crippen LogP contribution in [0.1, 0.15) is 32.3 Å². The van der Waals surface area contributed by atoms with Crippen molar-refractivity contribution in [2.24, 2.45) is 5.92 Å². The Bertz CT molecular complexity index is 1080. The maximum Gasteiger partial charge on any atom is 0.246 e. The fourth-order valence-corrected chi connectivity index (χ4v) is 5.41. The zero-order chi connectivity index (χ0) is 22.1. The second-order valence-corrected chi connectivity index (χ2v) is 10.5. The standard InChI is InChI=1S/C21H22Cl2N2O4S/c1-21(2,26)15-7-9-25(10-8-15)30(27,28)20-11-14(13-24)3-6-18(20)29-19-12-16(22)4-5-17(19)23/h3-6,11-12,15,26H,7-10H2,1-2H3. The van der Waals surface area contributed by atoms with Crippen LogP contribution < -0.4 is 4.74 Å². The van der Waals surface area contributed by atoms with E-state index >= 15 is 0 Å². The predicted molar refractivity (Wildman–Crippen MR) is 115 cm³/mol. The first kappa shape index (κ1) is 22.9. The summed E-state index contributed by atoms with van der Waals surface area (Å²) in [5, 5.41) is 20.2. The number of aliphatic hydroxyl groups is 1. The molecule has 9 heteroatoms. The van der Waals surface area contributed by atoms with E-state index in [9.17, 15) is 18.8 Å². The Morgan fingerprint density at radius 2 is 1.80 bits per heavy atom. The van der Waals surface area contributed by atoms with E-state index < -0.39 is 15.6 Å². The second kappa shape index (κ2) is 8.74. The molecule has 2 aromatic rings. The fourth-order valence-electron chi connectivity index (χ4n) is 3.48. The maximum absolute atomic E-state index is 13.4. The summed E-state index contributed by atoms with van der Waals surface area (Å²) in [5.74, 6) is 0.282. The highest BCUT2D eigenvalue weighted by Crippen LogP contribution is 2.38. The van der Waals surface area contributed by atoms with Crippen LogP contribution >= 0.6 is 23.2 Å². The normalized spacial score (nSPS) is 16.3. The van der Waals surface area contributed by atoms with Crippen molar-refractivity contribution in [3.8, 4) is 17.6 Å². The van der Waals surface area contributed by atoms with Gasteiger partial charge in [-0.2, -0.15) is 9.57 Å². The summed E-state index contributed by atoms with van der Waals surface area (Å²) in [6.45, 7) is 4.01. The van der Waals surface area contributed by atoms with E-state index in [0.29, 0.717) is 17.9 Å². The molecule has 6 nitrogen and oxygen atoms in total. The molecular weight excluding hydrogens is 447 g/mol. The van der Waals surface area contributed by atoms with Gasteiger partial charge < -0.3 is 9.84 Å². The third kappa shape index (κ3) is 4.90. The van der Waals surface area contributed by atoms with E-state index in [1.165, 1.54) is 28.6 Å². The number of benzene rings is 2. The van der Waals surface area contributed by atoms with E-state index in [1.807, 2.05) is 6.07 Å². The lowest BCUT2D eigenvalue weighted by Crippen LogP contribution is -2.44. The Hall–Kier alpha value is -1.82. The van der Waals surface area contributed by atoms with Crippen molar-refractivity contribution in [3.05, 3.63) is 52.0 Å². The smallest absolute Gasteiger partial charge is 0.246 e. The first-order valence-corrected chi connectivity index (χ1v) is 11.6. The van der Waals surface area contributed by atoms with Crippen LogP contribution in [0, 0.1) is 17.2 Å². The molecule has 0 atom stereocenters. The minimum absolute atomic E-state index is 0.00961. The van der Waals surface area contributed by atoms with E-state index in [1.54, 1.807) is 26.0 Å². The van der Waals surface area contributed by atoms with Crippen molar-refractivity contribution < 1.29 is 18.3 Å². The molecule has 0 radical (unpaired) electrons. The zero-order valence-corrected chi connectivity index (χ0v) is 18.9. The number of nitrogens with zero attached hydrogens (tertiary/aromatic N) is 2. The predicted octanol–water partition coefficient (Wildman–Crippen LogP) is 4.83. The number of halogens is 2. The Labute approximate surface area is 186 Å². The third-order valence-corrected chi connectivity index (χ3v) is 7.72. The summed E-state index contributed by atoms with van der Waals surface area (Å²) in [7, 11) is -3.94. The molecule has 0 spiro atoms. The summed E-state index contributed by atoms with van der Waals surface area (Å²) >= 11 is 12.2. The van der Waals surface area contributed by atoms with Crippen LogP contribution in [0.4, 0.5) is 0 Å². The van der Waals surface area contributed by atoms with Crippen molar-refractivity contribution in [2.45, 2.75) is 37.2 Å². The lowest BCUT2D eigenvalue weighted by molar-refractivity contribution is -0.00376. The number of rotatable bonds is 5. The van der Waals surface area contributed by atoms with E-state index in [0.717, 1.165) is 0 Å². The van der Waals surface area contributed by atoms with Crippen LogP contribution in [0.5, 0.6) is 11.5 Å². The fraction of sp³-hybridized carbons (Fsp3) is 0.381. The first-order chi connectivity index (χ1) is 14.0. The summed E-state index contributed by atoms with van der Waals surface area (Å²) < 4.78 is 33.9. The molecule has 1 aliphatic heterocycles. The van der Waals surface area contributed by atoms with Gasteiger partial charge in [-0.1, -0.05) is 23.2 Å². The molecule has 0 bridgehead atoms.